The van der Waals surface area contributed by atoms with Crippen LogP contribution < -0.4 is 0 Å². The Morgan fingerprint density at radius 2 is 2.25 bits per heavy atom. The van der Waals surface area contributed by atoms with Gasteiger partial charge in [0.2, 0.25) is 0 Å². The summed E-state index contributed by atoms with van der Waals surface area (Å²) in [5.74, 6) is 0. The molecule has 0 aromatic heterocycles. The van der Waals surface area contributed by atoms with Crippen molar-refractivity contribution >= 4 is 0 Å². The molecule has 0 aliphatic carbocycles. The van der Waals surface area contributed by atoms with Crippen LogP contribution in [0.2, 0.25) is 0 Å². The van der Waals surface area contributed by atoms with Crippen LogP contribution >= 0.6 is 0 Å². The predicted octanol–water partition coefficient (Wildman–Crippen LogP) is -0.113. The Kier molecular flexibility index (Phi) is 1.29. The smallest absolute Gasteiger partial charge is 0.0872 e. The first kappa shape index (κ1) is 6.05. The molecule has 1 fully saturated rings. The van der Waals surface area contributed by atoms with Crippen molar-refractivity contribution in [3.05, 3.63) is 6.92 Å². The van der Waals surface area contributed by atoms with E-state index >= 15 is 0 Å². The Balaban J connectivity index is 2.21. The standard InChI is InChI=1S/C6H12NO/c1-3-7-4-6(2,8)5-7/h8H,1,3-5H2,2H3. The predicted molar refractivity (Wildman–Crippen MR) is 32.4 cm³/mol. The van der Waals surface area contributed by atoms with Gasteiger partial charge in [-0.25, -0.2) is 0 Å². The lowest BCUT2D eigenvalue weighted by Gasteiger charge is -2.43. The minimum absolute atomic E-state index is 0.419. The van der Waals surface area contributed by atoms with Gasteiger partial charge in [0.15, 0.2) is 0 Å². The third-order valence-electron chi connectivity index (χ3n) is 1.44. The molecule has 0 amide bonds. The lowest BCUT2D eigenvalue weighted by Crippen LogP contribution is -2.59. The van der Waals surface area contributed by atoms with Gasteiger partial charge in [0.25, 0.3) is 0 Å². The summed E-state index contributed by atoms with van der Waals surface area (Å²) in [7, 11) is 0. The highest BCUT2D eigenvalue weighted by atomic mass is 16.3. The molecule has 0 spiro atoms. The quantitative estimate of drug-likeness (QED) is 0.514. The van der Waals surface area contributed by atoms with Gasteiger partial charge in [0.05, 0.1) is 5.60 Å². The van der Waals surface area contributed by atoms with Crippen LogP contribution in [0.25, 0.3) is 0 Å². The summed E-state index contributed by atoms with van der Waals surface area (Å²) in [4.78, 5) is 2.10. The number of hydrogen-bond donors (Lipinski definition) is 1. The second kappa shape index (κ2) is 1.71. The second-order valence-electron chi connectivity index (χ2n) is 2.71. The summed E-state index contributed by atoms with van der Waals surface area (Å²) < 4.78 is 0. The molecule has 1 N–H and O–H groups in total. The summed E-state index contributed by atoms with van der Waals surface area (Å²) in [6.45, 7) is 7.93. The van der Waals surface area contributed by atoms with Crippen molar-refractivity contribution in [3.63, 3.8) is 0 Å². The molecule has 0 unspecified atom stereocenters. The summed E-state index contributed by atoms with van der Waals surface area (Å²) in [5, 5.41) is 9.15. The lowest BCUT2D eigenvalue weighted by atomic mass is 9.97. The molecule has 2 nitrogen and oxygen atoms in total. The maximum absolute atomic E-state index is 9.15. The molecule has 0 atom stereocenters. The highest BCUT2D eigenvalue weighted by Gasteiger charge is 2.34. The fraction of sp³-hybridized carbons (Fsp3) is 0.833. The van der Waals surface area contributed by atoms with Crippen LogP contribution in [0.3, 0.4) is 0 Å². The molecule has 0 saturated carbocycles. The molecule has 1 saturated heterocycles. The van der Waals surface area contributed by atoms with E-state index in [9.17, 15) is 0 Å². The van der Waals surface area contributed by atoms with Gasteiger partial charge in [-0.15, -0.1) is 0 Å². The summed E-state index contributed by atoms with van der Waals surface area (Å²) in [6, 6.07) is 0. The first-order chi connectivity index (χ1) is 3.64. The van der Waals surface area contributed by atoms with Gasteiger partial charge in [0, 0.05) is 13.1 Å². The Morgan fingerprint density at radius 3 is 2.38 bits per heavy atom. The van der Waals surface area contributed by atoms with Gasteiger partial charge in [-0.1, -0.05) is 0 Å². The van der Waals surface area contributed by atoms with Gasteiger partial charge < -0.3 is 5.11 Å². The van der Waals surface area contributed by atoms with E-state index < -0.39 is 5.60 Å². The normalized spacial score (nSPS) is 27.4. The SMILES string of the molecule is [CH2]CN1CC(C)(O)C1. The fourth-order valence-electron chi connectivity index (χ4n) is 1.08. The number of likely N-dealkylation sites (tertiary alicyclic amines) is 1. The highest BCUT2D eigenvalue weighted by Crippen LogP contribution is 2.17. The molecule has 1 rings (SSSR count). The van der Waals surface area contributed by atoms with Crippen LogP contribution in [-0.4, -0.2) is 35.2 Å². The Labute approximate surface area is 50.1 Å². The molecular formula is C6H12NO. The third kappa shape index (κ3) is 1.01. The van der Waals surface area contributed by atoms with Gasteiger partial charge in [-0.2, -0.15) is 0 Å². The molecule has 0 aromatic carbocycles. The maximum atomic E-state index is 9.15. The van der Waals surface area contributed by atoms with Crippen molar-refractivity contribution in [2.24, 2.45) is 0 Å². The summed E-state index contributed by atoms with van der Waals surface area (Å²) >= 11 is 0. The molecule has 8 heavy (non-hydrogen) atoms. The van der Waals surface area contributed by atoms with E-state index in [-0.39, 0.29) is 0 Å². The van der Waals surface area contributed by atoms with E-state index in [1.807, 2.05) is 6.92 Å². The molecule has 1 aliphatic rings. The van der Waals surface area contributed by atoms with Crippen molar-refractivity contribution in [2.75, 3.05) is 19.6 Å². The van der Waals surface area contributed by atoms with Crippen LogP contribution in [0.4, 0.5) is 0 Å². The molecular weight excluding hydrogens is 102 g/mol. The minimum atomic E-state index is -0.419. The average Bonchev–Trinajstić information content (AvgIpc) is 1.60. The largest absolute Gasteiger partial charge is 0.388 e. The van der Waals surface area contributed by atoms with Crippen molar-refractivity contribution in [1.29, 1.82) is 0 Å². The molecule has 1 radical (unpaired) electrons. The third-order valence-corrected chi connectivity index (χ3v) is 1.44. The van der Waals surface area contributed by atoms with E-state index in [4.69, 9.17) is 5.11 Å². The minimum Gasteiger partial charge on any atom is -0.388 e. The molecule has 1 aliphatic heterocycles. The van der Waals surface area contributed by atoms with E-state index in [0.29, 0.717) is 0 Å². The van der Waals surface area contributed by atoms with Gasteiger partial charge in [-0.3, -0.25) is 4.90 Å². The van der Waals surface area contributed by atoms with E-state index in [1.54, 1.807) is 0 Å². The van der Waals surface area contributed by atoms with Crippen LogP contribution in [0.1, 0.15) is 6.92 Å². The van der Waals surface area contributed by atoms with Crippen molar-refractivity contribution in [3.8, 4) is 0 Å². The molecule has 0 aromatic rings. The van der Waals surface area contributed by atoms with Crippen molar-refractivity contribution in [1.82, 2.24) is 4.90 Å². The number of hydrogen-bond acceptors (Lipinski definition) is 2. The Morgan fingerprint density at radius 1 is 1.75 bits per heavy atom. The first-order valence-corrected chi connectivity index (χ1v) is 2.88. The zero-order valence-corrected chi connectivity index (χ0v) is 5.22. The van der Waals surface area contributed by atoms with E-state index in [2.05, 4.69) is 11.8 Å². The Hall–Kier alpha value is -0.0800. The van der Waals surface area contributed by atoms with Gasteiger partial charge >= 0.3 is 0 Å². The van der Waals surface area contributed by atoms with Gasteiger partial charge in [-0.05, 0) is 20.4 Å². The van der Waals surface area contributed by atoms with Crippen LogP contribution in [-0.2, 0) is 0 Å². The zero-order valence-electron chi connectivity index (χ0n) is 5.22. The summed E-state index contributed by atoms with van der Waals surface area (Å²) in [5.41, 5.74) is -0.419. The highest BCUT2D eigenvalue weighted by molar-refractivity contribution is 4.91. The van der Waals surface area contributed by atoms with Crippen LogP contribution in [0.5, 0.6) is 0 Å². The van der Waals surface area contributed by atoms with Crippen molar-refractivity contribution in [2.45, 2.75) is 12.5 Å². The van der Waals surface area contributed by atoms with E-state index in [0.717, 1.165) is 19.6 Å². The van der Waals surface area contributed by atoms with Gasteiger partial charge in [0.1, 0.15) is 0 Å². The second-order valence-corrected chi connectivity index (χ2v) is 2.71. The zero-order chi connectivity index (χ0) is 6.20. The molecule has 0 bridgehead atoms. The molecule has 1 heterocycles. The molecule has 47 valence electrons. The Bertz CT molecular complexity index is 82.5. The monoisotopic (exact) mass is 114 g/mol. The first-order valence-electron chi connectivity index (χ1n) is 2.88. The number of nitrogens with zero attached hydrogens (tertiary/aromatic N) is 1. The van der Waals surface area contributed by atoms with Crippen molar-refractivity contribution < 1.29 is 5.11 Å². The number of β-amino-alcohol motifs (C(OH)–C–C–N with tert-alkyl or cyclic N) is 1. The number of rotatable bonds is 1. The van der Waals surface area contributed by atoms with Crippen LogP contribution in [0, 0.1) is 6.92 Å². The van der Waals surface area contributed by atoms with Crippen LogP contribution in [0.15, 0.2) is 0 Å². The summed E-state index contributed by atoms with van der Waals surface area (Å²) in [6.07, 6.45) is 0. The molecule has 2 heteroatoms. The maximum Gasteiger partial charge on any atom is 0.0872 e. The lowest BCUT2D eigenvalue weighted by molar-refractivity contribution is -0.0780. The number of aliphatic hydroxyl groups is 1. The fourth-order valence-corrected chi connectivity index (χ4v) is 1.08. The van der Waals surface area contributed by atoms with E-state index in [1.165, 1.54) is 0 Å². The topological polar surface area (TPSA) is 23.5 Å². The average molecular weight is 114 g/mol.